The van der Waals surface area contributed by atoms with Gasteiger partial charge in [-0.1, -0.05) is 200 Å². The molecule has 0 saturated heterocycles. The maximum absolute atomic E-state index is 12.7. The Bertz CT molecular complexity index is 1460. The first-order valence-corrected chi connectivity index (χ1v) is 27.9. The predicted octanol–water partition coefficient (Wildman–Crippen LogP) is 16.3. The molecule has 0 rings (SSSR count). The zero-order chi connectivity index (χ0) is 48.8. The van der Waals surface area contributed by atoms with Crippen molar-refractivity contribution in [3.05, 3.63) is 109 Å². The first kappa shape index (κ1) is 63.7. The van der Waals surface area contributed by atoms with Crippen LogP contribution in [-0.2, 0) is 32.7 Å². The van der Waals surface area contributed by atoms with Crippen LogP contribution in [0.3, 0.4) is 0 Å². The van der Waals surface area contributed by atoms with Gasteiger partial charge in [0.25, 0.3) is 0 Å². The normalized spacial score (nSPS) is 14.0. The van der Waals surface area contributed by atoms with Crippen LogP contribution < -0.4 is 5.73 Å². The highest BCUT2D eigenvalue weighted by atomic mass is 31.2. The molecule has 2 unspecified atom stereocenters. The molecule has 0 spiro atoms. The van der Waals surface area contributed by atoms with E-state index in [1.165, 1.54) is 64.2 Å². The summed E-state index contributed by atoms with van der Waals surface area (Å²) in [5.74, 6) is -0.857. The molecule has 67 heavy (non-hydrogen) atoms. The molecule has 0 bridgehead atoms. The van der Waals surface area contributed by atoms with E-state index in [9.17, 15) is 19.0 Å². The van der Waals surface area contributed by atoms with E-state index < -0.39 is 32.5 Å². The highest BCUT2D eigenvalue weighted by molar-refractivity contribution is 7.47. The van der Waals surface area contributed by atoms with Crippen molar-refractivity contribution in [3.63, 3.8) is 0 Å². The molecule has 3 N–H and O–H groups in total. The van der Waals surface area contributed by atoms with Gasteiger partial charge in [-0.05, 0) is 103 Å². The number of phosphoric ester groups is 1. The van der Waals surface area contributed by atoms with E-state index in [4.69, 9.17) is 24.3 Å². The summed E-state index contributed by atoms with van der Waals surface area (Å²) in [6, 6.07) is 0. The minimum Gasteiger partial charge on any atom is -0.462 e. The molecule has 0 aromatic heterocycles. The minimum atomic E-state index is -4.40. The second kappa shape index (κ2) is 52.0. The van der Waals surface area contributed by atoms with Crippen molar-refractivity contribution in [1.82, 2.24) is 0 Å². The average Bonchev–Trinajstić information content (AvgIpc) is 3.32. The van der Waals surface area contributed by atoms with Crippen LogP contribution in [0.25, 0.3) is 0 Å². The molecule has 0 aromatic carbocycles. The monoisotopic (exact) mass is 954 g/mol. The molecule has 0 amide bonds. The van der Waals surface area contributed by atoms with Gasteiger partial charge < -0.3 is 20.1 Å². The highest BCUT2D eigenvalue weighted by Crippen LogP contribution is 2.43. The van der Waals surface area contributed by atoms with Crippen molar-refractivity contribution in [2.24, 2.45) is 5.73 Å². The van der Waals surface area contributed by atoms with Crippen LogP contribution in [0.4, 0.5) is 0 Å². The average molecular weight is 954 g/mol. The molecule has 0 fully saturated rings. The van der Waals surface area contributed by atoms with E-state index in [0.29, 0.717) is 6.42 Å². The number of nitrogens with two attached hydrogens (primary N) is 1. The Balaban J connectivity index is 4.10. The summed E-state index contributed by atoms with van der Waals surface area (Å²) < 4.78 is 32.9. The quantitative estimate of drug-likeness (QED) is 0.0264. The molecule has 9 nitrogen and oxygen atoms in total. The summed E-state index contributed by atoms with van der Waals surface area (Å²) in [7, 11) is -4.40. The number of rotatable bonds is 48. The Morgan fingerprint density at radius 2 is 0.821 bits per heavy atom. The summed E-state index contributed by atoms with van der Waals surface area (Å²) in [5, 5.41) is 0. The number of allylic oxidation sites excluding steroid dienone is 18. The van der Waals surface area contributed by atoms with Gasteiger partial charge in [-0.3, -0.25) is 18.6 Å². The summed E-state index contributed by atoms with van der Waals surface area (Å²) in [5.41, 5.74) is 5.37. The van der Waals surface area contributed by atoms with Crippen molar-refractivity contribution in [3.8, 4) is 0 Å². The number of hydrogen-bond acceptors (Lipinski definition) is 8. The van der Waals surface area contributed by atoms with Gasteiger partial charge >= 0.3 is 19.8 Å². The third-order valence-electron chi connectivity index (χ3n) is 10.6. The van der Waals surface area contributed by atoms with E-state index in [-0.39, 0.29) is 32.6 Å². The Morgan fingerprint density at radius 3 is 1.22 bits per heavy atom. The molecule has 382 valence electrons. The van der Waals surface area contributed by atoms with E-state index >= 15 is 0 Å². The summed E-state index contributed by atoms with van der Waals surface area (Å²) in [4.78, 5) is 35.1. The predicted molar refractivity (Wildman–Crippen MR) is 284 cm³/mol. The third-order valence-corrected chi connectivity index (χ3v) is 11.6. The van der Waals surface area contributed by atoms with Crippen molar-refractivity contribution in [1.29, 1.82) is 0 Å². The fraction of sp³-hybridized carbons (Fsp3) is 0.649. The topological polar surface area (TPSA) is 134 Å². The lowest BCUT2D eigenvalue weighted by Gasteiger charge is -2.19. The van der Waals surface area contributed by atoms with Gasteiger partial charge in [-0.25, -0.2) is 4.57 Å². The number of ether oxygens (including phenoxy) is 2. The van der Waals surface area contributed by atoms with Crippen LogP contribution in [0, 0.1) is 0 Å². The van der Waals surface area contributed by atoms with Crippen LogP contribution in [-0.4, -0.2) is 49.3 Å². The lowest BCUT2D eigenvalue weighted by atomic mass is 10.1. The summed E-state index contributed by atoms with van der Waals surface area (Å²) >= 11 is 0. The molecule has 0 aliphatic rings. The number of carbonyl (C=O) groups is 2. The molecule has 0 radical (unpaired) electrons. The lowest BCUT2D eigenvalue weighted by molar-refractivity contribution is -0.161. The second-order valence-corrected chi connectivity index (χ2v) is 18.5. The Kier molecular flexibility index (Phi) is 49.5. The fourth-order valence-corrected chi connectivity index (χ4v) is 7.53. The van der Waals surface area contributed by atoms with Crippen molar-refractivity contribution in [2.45, 2.75) is 213 Å². The van der Waals surface area contributed by atoms with Crippen LogP contribution in [0.2, 0.25) is 0 Å². The first-order valence-electron chi connectivity index (χ1n) is 26.4. The molecular formula is C57H96NO8P. The molecule has 0 aliphatic heterocycles. The highest BCUT2D eigenvalue weighted by Gasteiger charge is 2.26. The number of esters is 2. The standard InChI is InChI=1S/C57H96NO8P/c1-3-5-7-9-11-13-15-17-19-21-22-23-24-25-26-27-28-29-30-31-32-34-36-38-40-42-44-46-48-50-57(60)66-55(54-65-67(61,62)64-52-51-58)53-63-56(59)49-47-45-43-41-39-37-35-33-20-18-16-14-12-10-8-6-4-2/h5,7,11-14,17-20,22-23,25-26,28-29,31-32,55H,3-4,6,8-10,15-16,21,24,27,30,33-54,58H2,1-2H3,(H,61,62)/b7-5-,13-11-,14-12-,19-17-,20-18-,23-22-,26-25-,29-28-,32-31-. The van der Waals surface area contributed by atoms with Gasteiger partial charge in [0.15, 0.2) is 6.10 Å². The Hall–Kier alpha value is -3.33. The SMILES string of the molecule is CC/C=C\C/C=C\C/C=C\C/C=C\C/C=C\C/C=C\C/C=C\CCCCCCCCCC(=O)OC(COC(=O)CCCCCCCCC/C=C\C/C=C\CCCCC)COP(=O)(O)OCCN. The van der Waals surface area contributed by atoms with Gasteiger partial charge in [0.1, 0.15) is 6.61 Å². The van der Waals surface area contributed by atoms with Crippen molar-refractivity contribution in [2.75, 3.05) is 26.4 Å². The van der Waals surface area contributed by atoms with Gasteiger partial charge in [-0.15, -0.1) is 0 Å². The van der Waals surface area contributed by atoms with Crippen LogP contribution >= 0.6 is 7.82 Å². The zero-order valence-electron chi connectivity index (χ0n) is 42.3. The zero-order valence-corrected chi connectivity index (χ0v) is 43.2. The van der Waals surface area contributed by atoms with E-state index in [2.05, 4.69) is 123 Å². The van der Waals surface area contributed by atoms with E-state index in [0.717, 1.165) is 109 Å². The number of hydrogen-bond donors (Lipinski definition) is 2. The van der Waals surface area contributed by atoms with Crippen LogP contribution in [0.15, 0.2) is 109 Å². The molecule has 0 heterocycles. The number of carbonyl (C=O) groups excluding carboxylic acids is 2. The number of phosphoric acid groups is 1. The molecule has 0 aromatic rings. The summed E-state index contributed by atoms with van der Waals surface area (Å²) in [6.45, 7) is 3.57. The molecular weight excluding hydrogens is 858 g/mol. The number of unbranched alkanes of at least 4 members (excludes halogenated alkanes) is 17. The van der Waals surface area contributed by atoms with E-state index in [1.54, 1.807) is 0 Å². The smallest absolute Gasteiger partial charge is 0.462 e. The summed E-state index contributed by atoms with van der Waals surface area (Å²) in [6.07, 6.45) is 69.8. The Labute approximate surface area is 409 Å². The third kappa shape index (κ3) is 51.9. The van der Waals surface area contributed by atoms with Gasteiger partial charge in [-0.2, -0.15) is 0 Å². The maximum atomic E-state index is 12.7. The van der Waals surface area contributed by atoms with Gasteiger partial charge in [0.05, 0.1) is 13.2 Å². The Morgan fingerprint density at radius 1 is 0.463 bits per heavy atom. The van der Waals surface area contributed by atoms with Crippen LogP contribution in [0.5, 0.6) is 0 Å². The van der Waals surface area contributed by atoms with Gasteiger partial charge in [0.2, 0.25) is 0 Å². The largest absolute Gasteiger partial charge is 0.472 e. The fourth-order valence-electron chi connectivity index (χ4n) is 6.76. The second-order valence-electron chi connectivity index (χ2n) is 17.0. The molecule has 0 saturated carbocycles. The van der Waals surface area contributed by atoms with Crippen LogP contribution in [0.1, 0.15) is 206 Å². The molecule has 2 atom stereocenters. The van der Waals surface area contributed by atoms with Crippen molar-refractivity contribution < 1.29 is 37.6 Å². The molecule has 10 heteroatoms. The van der Waals surface area contributed by atoms with E-state index in [1.807, 2.05) is 0 Å². The maximum Gasteiger partial charge on any atom is 0.472 e. The van der Waals surface area contributed by atoms with Gasteiger partial charge in [0, 0.05) is 19.4 Å². The molecule has 0 aliphatic carbocycles. The lowest BCUT2D eigenvalue weighted by Crippen LogP contribution is -2.29. The first-order chi connectivity index (χ1) is 32.8. The van der Waals surface area contributed by atoms with Crippen molar-refractivity contribution >= 4 is 19.8 Å². The minimum absolute atomic E-state index is 0.0444.